The molecular formula is C9H6F6N6O3. The summed E-state index contributed by atoms with van der Waals surface area (Å²) in [5.74, 6) is -1.06. The Hall–Kier alpha value is -2.71. The van der Waals surface area contributed by atoms with Crippen molar-refractivity contribution in [2.24, 2.45) is 5.73 Å². The van der Waals surface area contributed by atoms with E-state index in [4.69, 9.17) is 5.73 Å². The van der Waals surface area contributed by atoms with Gasteiger partial charge in [0.1, 0.15) is 13.1 Å². The Kier molecular flexibility index (Phi) is 4.21. The van der Waals surface area contributed by atoms with E-state index in [9.17, 15) is 35.9 Å². The minimum atomic E-state index is -5.74. The van der Waals surface area contributed by atoms with Gasteiger partial charge in [-0.15, -0.1) is 5.10 Å². The summed E-state index contributed by atoms with van der Waals surface area (Å²) in [7, 11) is 0. The van der Waals surface area contributed by atoms with Crippen LogP contribution in [0.25, 0.3) is 5.65 Å². The Labute approximate surface area is 126 Å². The van der Waals surface area contributed by atoms with Crippen LogP contribution in [0.3, 0.4) is 0 Å². The minimum absolute atomic E-state index is 0.0872. The number of halogens is 6. The molecule has 0 aromatic carbocycles. The number of nitrogens with two attached hydrogens (primary N) is 1. The Morgan fingerprint density at radius 2 is 1.83 bits per heavy atom. The van der Waals surface area contributed by atoms with Gasteiger partial charge in [0.05, 0.1) is 0 Å². The molecule has 0 fully saturated rings. The molecule has 2 aromatic heterocycles. The molecule has 2 rings (SSSR count). The summed E-state index contributed by atoms with van der Waals surface area (Å²) < 4.78 is 78.4. The van der Waals surface area contributed by atoms with Gasteiger partial charge in [0.2, 0.25) is 0 Å². The molecule has 0 aliphatic heterocycles. The van der Waals surface area contributed by atoms with Crippen LogP contribution in [0.5, 0.6) is 0 Å². The number of hydrogen-bond donors (Lipinski definition) is 1. The largest absolute Gasteiger partial charge is 0.423 e. The summed E-state index contributed by atoms with van der Waals surface area (Å²) in [6, 6.07) is 0. The van der Waals surface area contributed by atoms with Gasteiger partial charge in [-0.05, 0) is 0 Å². The number of hydrogen-bond acceptors (Lipinski definition) is 6. The Morgan fingerprint density at radius 3 is 2.33 bits per heavy atom. The maximum Gasteiger partial charge on any atom is 0.423 e. The lowest BCUT2D eigenvalue weighted by Gasteiger charge is -2.22. The molecular weight excluding hydrogens is 354 g/mol. The van der Waals surface area contributed by atoms with Gasteiger partial charge in [0.15, 0.2) is 11.3 Å². The Balaban J connectivity index is 2.32. The van der Waals surface area contributed by atoms with E-state index in [1.807, 2.05) is 0 Å². The molecule has 0 atom stereocenters. The highest BCUT2D eigenvalue weighted by Gasteiger charge is 2.58. The number of fused-ring (bicyclic) bond motifs is 1. The van der Waals surface area contributed by atoms with Crippen molar-refractivity contribution in [3.05, 3.63) is 22.5 Å². The van der Waals surface area contributed by atoms with Crippen molar-refractivity contribution in [1.82, 2.24) is 24.4 Å². The van der Waals surface area contributed by atoms with Crippen LogP contribution in [0.1, 0.15) is 10.5 Å². The summed E-state index contributed by atoms with van der Waals surface area (Å²) in [6.07, 6.45) is -14.8. The quantitative estimate of drug-likeness (QED) is 0.758. The van der Waals surface area contributed by atoms with Gasteiger partial charge in [0.25, 0.3) is 12.0 Å². The van der Waals surface area contributed by atoms with Gasteiger partial charge in [-0.2, -0.15) is 31.0 Å². The molecule has 0 aliphatic carbocycles. The van der Waals surface area contributed by atoms with E-state index in [0.717, 1.165) is 6.33 Å². The standard InChI is InChI=1S/C9H6F6N6O3/c10-8(11,12)6(9(13,14)15)24-2-21-7(23)20-1-17-3(4(16)22)5(20)18-19-21/h1,6H,2H2,(H2,16,22). The van der Waals surface area contributed by atoms with E-state index >= 15 is 0 Å². The lowest BCUT2D eigenvalue weighted by Crippen LogP contribution is -2.45. The van der Waals surface area contributed by atoms with E-state index in [1.54, 1.807) is 0 Å². The Morgan fingerprint density at radius 1 is 1.25 bits per heavy atom. The SMILES string of the molecule is NC(=O)c1ncn2c(=O)n(COC(C(F)(F)F)C(F)(F)F)nnc12. The number of rotatable bonds is 4. The van der Waals surface area contributed by atoms with Crippen LogP contribution in [0.15, 0.2) is 11.1 Å². The smallest absolute Gasteiger partial charge is 0.364 e. The number of imidazole rings is 1. The third-order valence-electron chi connectivity index (χ3n) is 2.61. The summed E-state index contributed by atoms with van der Waals surface area (Å²) in [4.78, 5) is 26.3. The average Bonchev–Trinajstić information content (AvgIpc) is 2.83. The molecule has 1 amide bonds. The lowest BCUT2D eigenvalue weighted by atomic mass is 10.3. The number of alkyl halides is 6. The second kappa shape index (κ2) is 5.73. The topological polar surface area (TPSA) is 117 Å². The van der Waals surface area contributed by atoms with Gasteiger partial charge in [0, 0.05) is 0 Å². The fourth-order valence-electron chi connectivity index (χ4n) is 1.61. The maximum absolute atomic E-state index is 12.3. The number of aromatic nitrogens is 5. The molecule has 9 nitrogen and oxygen atoms in total. The number of nitrogens with zero attached hydrogens (tertiary/aromatic N) is 5. The lowest BCUT2D eigenvalue weighted by molar-refractivity contribution is -0.329. The third kappa shape index (κ3) is 3.29. The number of primary amides is 1. The highest BCUT2D eigenvalue weighted by Crippen LogP contribution is 2.35. The summed E-state index contributed by atoms with van der Waals surface area (Å²) in [5, 5.41) is 6.38. The van der Waals surface area contributed by atoms with Gasteiger partial charge >= 0.3 is 18.0 Å². The van der Waals surface area contributed by atoms with Crippen molar-refractivity contribution in [2.75, 3.05) is 0 Å². The molecule has 0 spiro atoms. The number of carbonyl (C=O) groups excluding carboxylic acids is 1. The molecule has 2 heterocycles. The molecule has 15 heteroatoms. The molecule has 0 radical (unpaired) electrons. The summed E-state index contributed by atoms with van der Waals surface area (Å²) >= 11 is 0. The van der Waals surface area contributed by atoms with Crippen molar-refractivity contribution in [2.45, 2.75) is 25.2 Å². The predicted octanol–water partition coefficient (Wildman–Crippen LogP) is -0.148. The Bertz CT molecular complexity index is 810. The van der Waals surface area contributed by atoms with Gasteiger partial charge in [-0.1, -0.05) is 5.21 Å². The van der Waals surface area contributed by atoms with Crippen LogP contribution >= 0.6 is 0 Å². The number of ether oxygens (including phenoxy) is 1. The molecule has 2 aromatic rings. The van der Waals surface area contributed by atoms with Crippen molar-refractivity contribution in [3.8, 4) is 0 Å². The van der Waals surface area contributed by atoms with Crippen LogP contribution in [0, 0.1) is 0 Å². The summed E-state index contributed by atoms with van der Waals surface area (Å²) in [6.45, 7) is -1.49. The van der Waals surface area contributed by atoms with Crippen LogP contribution in [-0.2, 0) is 11.5 Å². The van der Waals surface area contributed by atoms with Gasteiger partial charge in [-0.3, -0.25) is 4.79 Å². The number of carbonyl (C=O) groups is 1. The first-order valence-corrected chi connectivity index (χ1v) is 5.78. The number of amides is 1. The van der Waals surface area contributed by atoms with Gasteiger partial charge < -0.3 is 10.5 Å². The van der Waals surface area contributed by atoms with E-state index < -0.39 is 48.1 Å². The first-order chi connectivity index (χ1) is 10.9. The molecule has 0 saturated heterocycles. The van der Waals surface area contributed by atoms with Crippen LogP contribution < -0.4 is 11.4 Å². The molecule has 132 valence electrons. The van der Waals surface area contributed by atoms with Gasteiger partial charge in [-0.25, -0.2) is 14.2 Å². The fraction of sp³-hybridized carbons (Fsp3) is 0.444. The second-order valence-corrected chi connectivity index (χ2v) is 4.28. The minimum Gasteiger partial charge on any atom is -0.364 e. The van der Waals surface area contributed by atoms with Crippen molar-refractivity contribution >= 4 is 11.6 Å². The van der Waals surface area contributed by atoms with Crippen molar-refractivity contribution in [1.29, 1.82) is 0 Å². The highest BCUT2D eigenvalue weighted by molar-refractivity contribution is 5.96. The second-order valence-electron chi connectivity index (χ2n) is 4.28. The van der Waals surface area contributed by atoms with E-state index in [0.29, 0.717) is 4.40 Å². The van der Waals surface area contributed by atoms with Crippen molar-refractivity contribution < 1.29 is 35.9 Å². The monoisotopic (exact) mass is 360 g/mol. The average molecular weight is 360 g/mol. The zero-order valence-corrected chi connectivity index (χ0v) is 11.2. The normalized spacial score (nSPS) is 13.0. The fourth-order valence-corrected chi connectivity index (χ4v) is 1.61. The first kappa shape index (κ1) is 17.6. The molecule has 24 heavy (non-hydrogen) atoms. The predicted molar refractivity (Wildman–Crippen MR) is 60.5 cm³/mol. The highest BCUT2D eigenvalue weighted by atomic mass is 19.4. The van der Waals surface area contributed by atoms with Crippen LogP contribution in [-0.4, -0.2) is 48.7 Å². The molecule has 0 unspecified atom stereocenters. The van der Waals surface area contributed by atoms with E-state index in [-0.39, 0.29) is 4.68 Å². The first-order valence-electron chi connectivity index (χ1n) is 5.78. The third-order valence-corrected chi connectivity index (χ3v) is 2.61. The maximum atomic E-state index is 12.3. The van der Waals surface area contributed by atoms with Crippen LogP contribution in [0.2, 0.25) is 0 Å². The van der Waals surface area contributed by atoms with Crippen molar-refractivity contribution in [3.63, 3.8) is 0 Å². The van der Waals surface area contributed by atoms with E-state index in [1.165, 1.54) is 0 Å². The van der Waals surface area contributed by atoms with Crippen LogP contribution in [0.4, 0.5) is 26.3 Å². The summed E-state index contributed by atoms with van der Waals surface area (Å²) in [5.41, 5.74) is 2.85. The zero-order chi connectivity index (χ0) is 18.3. The molecule has 0 bridgehead atoms. The van der Waals surface area contributed by atoms with E-state index in [2.05, 4.69) is 20.0 Å². The molecule has 2 N–H and O–H groups in total. The zero-order valence-electron chi connectivity index (χ0n) is 11.2. The molecule has 0 saturated carbocycles. The molecule has 0 aliphatic rings.